The summed E-state index contributed by atoms with van der Waals surface area (Å²) in [6, 6.07) is 11.1. The Balaban J connectivity index is 1.80. The molecule has 7 nitrogen and oxygen atoms in total. The lowest BCUT2D eigenvalue weighted by molar-refractivity contribution is -0.121. The normalized spacial score (nSPS) is 10.2. The van der Waals surface area contributed by atoms with Crippen molar-refractivity contribution in [1.82, 2.24) is 5.32 Å². The van der Waals surface area contributed by atoms with Crippen LogP contribution in [-0.2, 0) is 11.3 Å². The lowest BCUT2D eigenvalue weighted by Crippen LogP contribution is -2.23. The number of rotatable bonds is 12. The van der Waals surface area contributed by atoms with Crippen molar-refractivity contribution in [3.8, 4) is 28.7 Å². The first-order valence-electron chi connectivity index (χ1n) is 9.53. The number of benzene rings is 2. The monoisotopic (exact) mass is 403 g/mol. The zero-order valence-corrected chi connectivity index (χ0v) is 17.4. The number of hydrogen-bond acceptors (Lipinski definition) is 6. The fourth-order valence-corrected chi connectivity index (χ4v) is 2.79. The molecule has 1 N–H and O–H groups in total. The Kier molecular flexibility index (Phi) is 8.95. The summed E-state index contributed by atoms with van der Waals surface area (Å²) in [5, 5.41) is 2.90. The molecule has 2 rings (SSSR count). The van der Waals surface area contributed by atoms with E-state index >= 15 is 0 Å². The molecule has 0 bridgehead atoms. The van der Waals surface area contributed by atoms with Gasteiger partial charge in [-0.3, -0.25) is 4.79 Å². The summed E-state index contributed by atoms with van der Waals surface area (Å²) in [7, 11) is 4.67. The van der Waals surface area contributed by atoms with Crippen LogP contribution in [0.5, 0.6) is 28.7 Å². The first-order valence-corrected chi connectivity index (χ1v) is 9.53. The minimum absolute atomic E-state index is 0.0551. The van der Waals surface area contributed by atoms with Crippen LogP contribution in [-0.4, -0.2) is 40.5 Å². The van der Waals surface area contributed by atoms with Crippen LogP contribution in [0.3, 0.4) is 0 Å². The van der Waals surface area contributed by atoms with Crippen LogP contribution in [0.2, 0.25) is 0 Å². The number of amides is 1. The molecule has 2 aromatic carbocycles. The van der Waals surface area contributed by atoms with Gasteiger partial charge in [-0.2, -0.15) is 0 Å². The van der Waals surface area contributed by atoms with E-state index in [1.54, 1.807) is 21.3 Å². The molecule has 0 heterocycles. The largest absolute Gasteiger partial charge is 0.493 e. The second-order valence-electron chi connectivity index (χ2n) is 6.14. The van der Waals surface area contributed by atoms with Gasteiger partial charge in [0.2, 0.25) is 11.7 Å². The summed E-state index contributed by atoms with van der Waals surface area (Å²) in [5.41, 5.74) is 0.856. The van der Waals surface area contributed by atoms with Gasteiger partial charge in [0, 0.05) is 13.0 Å². The number of methoxy groups -OCH3 is 3. The molecule has 0 aliphatic heterocycles. The first kappa shape index (κ1) is 22.2. The van der Waals surface area contributed by atoms with Gasteiger partial charge in [0.25, 0.3) is 0 Å². The van der Waals surface area contributed by atoms with Gasteiger partial charge in [0.05, 0.1) is 34.5 Å². The van der Waals surface area contributed by atoms with Crippen LogP contribution in [0.15, 0.2) is 36.4 Å². The first-order chi connectivity index (χ1) is 14.1. The maximum atomic E-state index is 12.2. The van der Waals surface area contributed by atoms with Crippen molar-refractivity contribution >= 4 is 5.91 Å². The third-order valence-corrected chi connectivity index (χ3v) is 4.17. The molecule has 0 aromatic heterocycles. The van der Waals surface area contributed by atoms with Crippen LogP contribution >= 0.6 is 0 Å². The smallest absolute Gasteiger partial charge is 0.220 e. The molecule has 7 heteroatoms. The molecule has 2 aromatic rings. The maximum absolute atomic E-state index is 12.2. The Morgan fingerprint density at radius 1 is 0.897 bits per heavy atom. The molecule has 1 amide bonds. The van der Waals surface area contributed by atoms with Crippen molar-refractivity contribution in [2.45, 2.75) is 26.3 Å². The molecule has 158 valence electrons. The van der Waals surface area contributed by atoms with Crippen molar-refractivity contribution in [3.63, 3.8) is 0 Å². The molecule has 0 aliphatic carbocycles. The Hall–Kier alpha value is -3.09. The third kappa shape index (κ3) is 6.48. The van der Waals surface area contributed by atoms with E-state index in [0.29, 0.717) is 61.3 Å². The van der Waals surface area contributed by atoms with Gasteiger partial charge in [-0.15, -0.1) is 0 Å². The van der Waals surface area contributed by atoms with E-state index in [2.05, 4.69) is 5.32 Å². The van der Waals surface area contributed by atoms with Gasteiger partial charge in [-0.1, -0.05) is 12.1 Å². The van der Waals surface area contributed by atoms with E-state index in [4.69, 9.17) is 23.7 Å². The summed E-state index contributed by atoms with van der Waals surface area (Å²) < 4.78 is 27.2. The molecule has 0 atom stereocenters. The highest BCUT2D eigenvalue weighted by molar-refractivity contribution is 5.75. The Morgan fingerprint density at radius 3 is 2.07 bits per heavy atom. The Bertz CT molecular complexity index is 768. The van der Waals surface area contributed by atoms with Crippen molar-refractivity contribution in [2.75, 3.05) is 34.5 Å². The highest BCUT2D eigenvalue weighted by Crippen LogP contribution is 2.38. The van der Waals surface area contributed by atoms with E-state index in [9.17, 15) is 4.79 Å². The summed E-state index contributed by atoms with van der Waals surface area (Å²) >= 11 is 0. The summed E-state index contributed by atoms with van der Waals surface area (Å²) in [5.74, 6) is 2.97. The summed E-state index contributed by atoms with van der Waals surface area (Å²) in [6.07, 6.45) is 0.961. The predicted molar refractivity (Wildman–Crippen MR) is 110 cm³/mol. The zero-order chi connectivity index (χ0) is 21.1. The summed E-state index contributed by atoms with van der Waals surface area (Å²) in [6.45, 7) is 3.30. The molecule has 0 fully saturated rings. The van der Waals surface area contributed by atoms with Gasteiger partial charge in [-0.05, 0) is 43.2 Å². The average molecular weight is 403 g/mol. The molecule has 0 saturated heterocycles. The topological polar surface area (TPSA) is 75.3 Å². The number of carbonyl (C=O) groups excluding carboxylic acids is 1. The van der Waals surface area contributed by atoms with Gasteiger partial charge in [-0.25, -0.2) is 0 Å². The number of para-hydroxylation sites is 2. The van der Waals surface area contributed by atoms with E-state index in [-0.39, 0.29) is 5.91 Å². The van der Waals surface area contributed by atoms with Gasteiger partial charge >= 0.3 is 0 Å². The van der Waals surface area contributed by atoms with E-state index < -0.39 is 0 Å². The quantitative estimate of drug-likeness (QED) is 0.546. The van der Waals surface area contributed by atoms with Crippen molar-refractivity contribution in [2.24, 2.45) is 0 Å². The van der Waals surface area contributed by atoms with E-state index in [1.807, 2.05) is 43.3 Å². The highest BCUT2D eigenvalue weighted by Gasteiger charge is 2.13. The number of hydrogen-bond donors (Lipinski definition) is 1. The lowest BCUT2D eigenvalue weighted by Gasteiger charge is -2.14. The molecular weight excluding hydrogens is 374 g/mol. The molecule has 0 unspecified atom stereocenters. The predicted octanol–water partition coefficient (Wildman–Crippen LogP) is 3.59. The van der Waals surface area contributed by atoms with Crippen molar-refractivity contribution in [1.29, 1.82) is 0 Å². The van der Waals surface area contributed by atoms with Crippen LogP contribution in [0.4, 0.5) is 0 Å². The lowest BCUT2D eigenvalue weighted by atomic mass is 10.1. The third-order valence-electron chi connectivity index (χ3n) is 4.17. The van der Waals surface area contributed by atoms with Crippen LogP contribution in [0.25, 0.3) is 0 Å². The van der Waals surface area contributed by atoms with Gasteiger partial charge in [0.1, 0.15) is 0 Å². The second kappa shape index (κ2) is 11.7. The minimum Gasteiger partial charge on any atom is -0.493 e. The van der Waals surface area contributed by atoms with E-state index in [0.717, 1.165) is 5.56 Å². The standard InChI is InChI=1S/C22H29NO6/c1-5-28-17-9-6-7-10-18(17)29-12-8-11-21(24)23-15-16-13-19(25-2)22(27-4)20(14-16)26-3/h6-7,9-10,13-14H,5,8,11-12,15H2,1-4H3,(H,23,24). The number of nitrogens with one attached hydrogen (secondary N) is 1. The highest BCUT2D eigenvalue weighted by atomic mass is 16.5. The molecular formula is C22H29NO6. The minimum atomic E-state index is -0.0551. The zero-order valence-electron chi connectivity index (χ0n) is 17.4. The Morgan fingerprint density at radius 2 is 1.52 bits per heavy atom. The second-order valence-corrected chi connectivity index (χ2v) is 6.14. The van der Waals surface area contributed by atoms with Crippen LogP contribution in [0.1, 0.15) is 25.3 Å². The molecule has 29 heavy (non-hydrogen) atoms. The molecule has 0 aliphatic rings. The van der Waals surface area contributed by atoms with Gasteiger partial charge in [0.15, 0.2) is 23.0 Å². The molecule has 0 saturated carbocycles. The Labute approximate surface area is 171 Å². The van der Waals surface area contributed by atoms with E-state index in [1.165, 1.54) is 0 Å². The SMILES string of the molecule is CCOc1ccccc1OCCCC(=O)NCc1cc(OC)c(OC)c(OC)c1. The fourth-order valence-electron chi connectivity index (χ4n) is 2.79. The molecule has 0 radical (unpaired) electrons. The number of carbonyl (C=O) groups is 1. The molecule has 0 spiro atoms. The fraction of sp³-hybridized carbons (Fsp3) is 0.409. The maximum Gasteiger partial charge on any atom is 0.220 e. The summed E-state index contributed by atoms with van der Waals surface area (Å²) in [4.78, 5) is 12.2. The van der Waals surface area contributed by atoms with Crippen molar-refractivity contribution in [3.05, 3.63) is 42.0 Å². The van der Waals surface area contributed by atoms with Crippen LogP contribution < -0.4 is 29.0 Å². The van der Waals surface area contributed by atoms with Gasteiger partial charge < -0.3 is 29.0 Å². The number of ether oxygens (including phenoxy) is 5. The van der Waals surface area contributed by atoms with Crippen molar-refractivity contribution < 1.29 is 28.5 Å². The average Bonchev–Trinajstić information content (AvgIpc) is 2.75. The van der Waals surface area contributed by atoms with Crippen LogP contribution in [0, 0.1) is 0 Å².